The van der Waals surface area contributed by atoms with Crippen LogP contribution in [0.4, 0.5) is 10.9 Å². The molecule has 10 nitrogen and oxygen atoms in total. The number of anilines is 2. The van der Waals surface area contributed by atoms with E-state index in [1.807, 2.05) is 45.0 Å². The molecule has 3 heterocycles. The predicted octanol–water partition coefficient (Wildman–Crippen LogP) is 5.17. The number of aromatic nitrogens is 4. The number of hydrogen-bond acceptors (Lipinski definition) is 10. The molecular formula is C27H30N6O4S. The molecule has 1 aromatic carbocycles. The molecule has 0 aliphatic heterocycles. The molecule has 11 heteroatoms. The molecule has 0 radical (unpaired) electrons. The van der Waals surface area contributed by atoms with Crippen LogP contribution in [0.5, 0.6) is 0 Å². The van der Waals surface area contributed by atoms with Crippen LogP contribution in [0.2, 0.25) is 0 Å². The largest absolute Gasteiger partial charge is 0.456 e. The normalized spacial score (nSPS) is 17.2. The summed E-state index contributed by atoms with van der Waals surface area (Å²) in [5, 5.41) is 9.99. The summed E-state index contributed by atoms with van der Waals surface area (Å²) in [6.07, 6.45) is 3.12. The first kappa shape index (κ1) is 25.8. The zero-order valence-corrected chi connectivity index (χ0v) is 23.0. The van der Waals surface area contributed by atoms with E-state index < -0.39 is 11.6 Å². The fourth-order valence-electron chi connectivity index (χ4n) is 4.38. The molecule has 1 aliphatic carbocycles. The number of pyridine rings is 1. The van der Waals surface area contributed by atoms with E-state index in [0.717, 1.165) is 22.2 Å². The van der Waals surface area contributed by atoms with Crippen LogP contribution < -0.4 is 10.2 Å². The minimum atomic E-state index is -0.601. The number of rotatable bonds is 6. The topological polar surface area (TPSA) is 123 Å². The lowest BCUT2D eigenvalue weighted by Gasteiger charge is -2.36. The number of esters is 1. The summed E-state index contributed by atoms with van der Waals surface area (Å²) in [4.78, 5) is 41.0. The minimum Gasteiger partial charge on any atom is -0.456 e. The molecule has 1 fully saturated rings. The van der Waals surface area contributed by atoms with Gasteiger partial charge in [-0.05, 0) is 58.1 Å². The standard InChI is InChI=1S/C27H30N6O4S/c1-14-21(25(35)36-27(3,4)5)38-26(29-14)33(6)24(34)18-11-19(12-18)31-23-20-13-17(22-30-15(2)37-32-22)8-7-16(20)9-10-28-23/h7-10,13,18-19H,11-12H2,1-6H3,(H,28,31). The zero-order valence-electron chi connectivity index (χ0n) is 22.2. The van der Waals surface area contributed by atoms with E-state index in [2.05, 4.69) is 25.4 Å². The molecule has 198 valence electrons. The van der Waals surface area contributed by atoms with Crippen molar-refractivity contribution in [1.29, 1.82) is 0 Å². The van der Waals surface area contributed by atoms with Gasteiger partial charge in [0.15, 0.2) is 5.13 Å². The molecule has 4 aromatic rings. The number of amides is 1. The molecule has 3 aromatic heterocycles. The third-order valence-electron chi connectivity index (χ3n) is 6.37. The first-order valence-electron chi connectivity index (χ1n) is 12.4. The van der Waals surface area contributed by atoms with Crippen molar-refractivity contribution in [2.24, 2.45) is 5.92 Å². The monoisotopic (exact) mass is 534 g/mol. The van der Waals surface area contributed by atoms with E-state index in [1.165, 1.54) is 11.3 Å². The fourth-order valence-corrected chi connectivity index (χ4v) is 5.29. The number of ether oxygens (including phenoxy) is 1. The molecule has 0 atom stereocenters. The third-order valence-corrected chi connectivity index (χ3v) is 7.58. The van der Waals surface area contributed by atoms with Gasteiger partial charge in [-0.15, -0.1) is 0 Å². The lowest BCUT2D eigenvalue weighted by atomic mass is 9.79. The number of benzene rings is 1. The van der Waals surface area contributed by atoms with E-state index in [-0.39, 0.29) is 17.9 Å². The molecule has 0 bridgehead atoms. The van der Waals surface area contributed by atoms with Crippen molar-refractivity contribution in [2.75, 3.05) is 17.3 Å². The highest BCUT2D eigenvalue weighted by atomic mass is 32.1. The lowest BCUT2D eigenvalue weighted by molar-refractivity contribution is -0.124. The van der Waals surface area contributed by atoms with Gasteiger partial charge in [0.25, 0.3) is 0 Å². The van der Waals surface area contributed by atoms with Gasteiger partial charge in [0.2, 0.25) is 17.6 Å². The van der Waals surface area contributed by atoms with Crippen molar-refractivity contribution in [3.05, 3.63) is 46.9 Å². The van der Waals surface area contributed by atoms with Gasteiger partial charge in [0.05, 0.1) is 5.69 Å². The first-order chi connectivity index (χ1) is 18.0. The Morgan fingerprint density at radius 2 is 1.92 bits per heavy atom. The van der Waals surface area contributed by atoms with Gasteiger partial charge in [-0.3, -0.25) is 9.69 Å². The summed E-state index contributed by atoms with van der Waals surface area (Å²) in [5.74, 6) is 1.21. The Balaban J connectivity index is 1.24. The van der Waals surface area contributed by atoms with Crippen LogP contribution in [0.1, 0.15) is 54.9 Å². The summed E-state index contributed by atoms with van der Waals surface area (Å²) in [6, 6.07) is 8.03. The number of thiazole rings is 1. The number of nitrogens with one attached hydrogen (secondary N) is 1. The van der Waals surface area contributed by atoms with Crippen molar-refractivity contribution in [3.8, 4) is 11.4 Å². The van der Waals surface area contributed by atoms with E-state index >= 15 is 0 Å². The average Bonchev–Trinajstić information content (AvgIpc) is 3.44. The Kier molecular flexibility index (Phi) is 6.64. The molecule has 1 saturated carbocycles. The minimum absolute atomic E-state index is 0.0202. The van der Waals surface area contributed by atoms with Crippen molar-refractivity contribution >= 4 is 44.9 Å². The number of aryl methyl sites for hydroxylation is 2. The summed E-state index contributed by atoms with van der Waals surface area (Å²) in [6.45, 7) is 8.97. The van der Waals surface area contributed by atoms with Crippen LogP contribution in [0, 0.1) is 19.8 Å². The maximum Gasteiger partial charge on any atom is 0.350 e. The number of hydrogen-bond donors (Lipinski definition) is 1. The van der Waals surface area contributed by atoms with Gasteiger partial charge in [0.1, 0.15) is 16.3 Å². The average molecular weight is 535 g/mol. The maximum atomic E-state index is 13.2. The van der Waals surface area contributed by atoms with Gasteiger partial charge >= 0.3 is 5.97 Å². The second-order valence-electron chi connectivity index (χ2n) is 10.6. The van der Waals surface area contributed by atoms with Crippen molar-refractivity contribution in [1.82, 2.24) is 20.1 Å². The zero-order chi connectivity index (χ0) is 27.2. The highest BCUT2D eigenvalue weighted by Crippen LogP contribution is 2.36. The van der Waals surface area contributed by atoms with Crippen LogP contribution in [0.15, 0.2) is 35.0 Å². The van der Waals surface area contributed by atoms with Crippen molar-refractivity contribution in [2.45, 2.75) is 59.1 Å². The van der Waals surface area contributed by atoms with Crippen LogP contribution in [-0.2, 0) is 9.53 Å². The Labute approximate surface area is 224 Å². The summed E-state index contributed by atoms with van der Waals surface area (Å²) >= 11 is 1.18. The molecule has 0 unspecified atom stereocenters. The summed E-state index contributed by atoms with van der Waals surface area (Å²) in [7, 11) is 1.70. The molecule has 0 saturated heterocycles. The number of carbonyl (C=O) groups is 2. The Bertz CT molecular complexity index is 1520. The third kappa shape index (κ3) is 5.24. The molecule has 38 heavy (non-hydrogen) atoms. The molecule has 0 spiro atoms. The fraction of sp³-hybridized carbons (Fsp3) is 0.407. The molecule has 1 N–H and O–H groups in total. The molecule has 1 aliphatic rings. The molecule has 5 rings (SSSR count). The highest BCUT2D eigenvalue weighted by molar-refractivity contribution is 7.17. The predicted molar refractivity (Wildman–Crippen MR) is 145 cm³/mol. The van der Waals surface area contributed by atoms with Crippen molar-refractivity contribution < 1.29 is 18.8 Å². The van der Waals surface area contributed by atoms with Gasteiger partial charge in [-0.25, -0.2) is 14.8 Å². The maximum absolute atomic E-state index is 13.2. The summed E-state index contributed by atoms with van der Waals surface area (Å²) < 4.78 is 10.6. The van der Waals surface area contributed by atoms with Gasteiger partial charge in [0, 0.05) is 43.1 Å². The number of carbonyl (C=O) groups excluding carboxylic acids is 2. The number of fused-ring (bicyclic) bond motifs is 1. The van der Waals surface area contributed by atoms with E-state index in [0.29, 0.717) is 40.3 Å². The van der Waals surface area contributed by atoms with E-state index in [4.69, 9.17) is 9.26 Å². The quantitative estimate of drug-likeness (QED) is 0.334. The Morgan fingerprint density at radius 3 is 2.61 bits per heavy atom. The molecular weight excluding hydrogens is 504 g/mol. The second kappa shape index (κ2) is 9.79. The van der Waals surface area contributed by atoms with Crippen LogP contribution in [0.3, 0.4) is 0 Å². The van der Waals surface area contributed by atoms with Crippen LogP contribution >= 0.6 is 11.3 Å². The smallest absolute Gasteiger partial charge is 0.350 e. The van der Waals surface area contributed by atoms with Gasteiger partial charge in [-0.1, -0.05) is 28.6 Å². The molecule has 1 amide bonds. The van der Waals surface area contributed by atoms with Crippen LogP contribution in [0.25, 0.3) is 22.2 Å². The highest BCUT2D eigenvalue weighted by Gasteiger charge is 2.37. The van der Waals surface area contributed by atoms with E-state index in [9.17, 15) is 9.59 Å². The second-order valence-corrected chi connectivity index (χ2v) is 11.5. The van der Waals surface area contributed by atoms with Gasteiger partial charge < -0.3 is 14.6 Å². The summed E-state index contributed by atoms with van der Waals surface area (Å²) in [5.41, 5.74) is 0.804. The van der Waals surface area contributed by atoms with Crippen molar-refractivity contribution in [3.63, 3.8) is 0 Å². The number of nitrogens with zero attached hydrogens (tertiary/aromatic N) is 5. The van der Waals surface area contributed by atoms with Gasteiger partial charge in [-0.2, -0.15) is 4.98 Å². The SMILES string of the molecule is Cc1nc(-c2ccc3ccnc(NC4CC(C(=O)N(C)c5nc(C)c(C(=O)OC(C)(C)C)s5)C4)c3c2)no1. The Hall–Kier alpha value is -3.86. The van der Waals surface area contributed by atoms with E-state index in [1.54, 1.807) is 32.0 Å². The van der Waals surface area contributed by atoms with Crippen LogP contribution in [-0.4, -0.2) is 50.7 Å². The first-order valence-corrected chi connectivity index (χ1v) is 13.2. The lowest BCUT2D eigenvalue weighted by Crippen LogP contribution is -2.45. The Morgan fingerprint density at radius 1 is 1.16 bits per heavy atom.